The molecule has 2 unspecified atom stereocenters. The molecule has 0 spiro atoms. The number of aromatic nitrogens is 5. The first-order valence-corrected chi connectivity index (χ1v) is 16.3. The van der Waals surface area contributed by atoms with Crippen LogP contribution >= 0.6 is 0 Å². The van der Waals surface area contributed by atoms with Crippen LogP contribution in [-0.4, -0.2) is 65.7 Å². The average Bonchev–Trinajstić information content (AvgIpc) is 3.47. The van der Waals surface area contributed by atoms with Gasteiger partial charge in [0.1, 0.15) is 22.7 Å². The smallest absolute Gasteiger partial charge is 0.254 e. The predicted octanol–water partition coefficient (Wildman–Crippen LogP) is 4.78. The highest BCUT2D eigenvalue weighted by atomic mass is 16.5. The van der Waals surface area contributed by atoms with E-state index < -0.39 is 0 Å². The van der Waals surface area contributed by atoms with Crippen molar-refractivity contribution in [1.82, 2.24) is 29.0 Å². The number of aryl methyl sites for hydroxylation is 1. The van der Waals surface area contributed by atoms with Crippen LogP contribution in [0.25, 0.3) is 55.7 Å². The SMILES string of the molecule is COc1cc(C(=O)N2CC3CCC2[C@@H]3N)cc2nc(-c3cc4ccc(-c5ccc6[nH]c(=O)cc(O)c6c5)nc4n3CC3CC3)n(C)c12. The van der Waals surface area contributed by atoms with Gasteiger partial charge in [-0.25, -0.2) is 9.97 Å². The molecule has 2 aromatic carbocycles. The fourth-order valence-corrected chi connectivity index (χ4v) is 7.88. The molecule has 9 rings (SSSR count). The zero-order valence-corrected chi connectivity index (χ0v) is 26.2. The number of nitrogens with two attached hydrogens (primary N) is 1. The predicted molar refractivity (Wildman–Crippen MR) is 179 cm³/mol. The van der Waals surface area contributed by atoms with E-state index in [2.05, 4.69) is 21.7 Å². The Balaban J connectivity index is 1.15. The van der Waals surface area contributed by atoms with E-state index in [1.807, 2.05) is 46.8 Å². The van der Waals surface area contributed by atoms with Crippen LogP contribution in [0.5, 0.6) is 11.5 Å². The van der Waals surface area contributed by atoms with Crippen LogP contribution in [0.15, 0.2) is 59.4 Å². The van der Waals surface area contributed by atoms with Crippen molar-refractivity contribution in [2.45, 2.75) is 44.3 Å². The fourth-order valence-electron chi connectivity index (χ4n) is 7.88. The van der Waals surface area contributed by atoms with Gasteiger partial charge in [-0.2, -0.15) is 0 Å². The maximum absolute atomic E-state index is 13.7. The number of carbonyl (C=O) groups excluding carboxylic acids is 1. The molecule has 5 heterocycles. The van der Waals surface area contributed by atoms with Crippen LogP contribution < -0.4 is 16.0 Å². The molecule has 2 bridgehead atoms. The molecule has 2 saturated carbocycles. The summed E-state index contributed by atoms with van der Waals surface area (Å²) in [7, 11) is 3.61. The summed E-state index contributed by atoms with van der Waals surface area (Å²) in [6, 6.07) is 16.8. The number of aromatic amines is 1. The van der Waals surface area contributed by atoms with E-state index in [1.165, 1.54) is 18.9 Å². The Morgan fingerprint density at radius 2 is 1.91 bits per heavy atom. The minimum Gasteiger partial charge on any atom is -0.507 e. The van der Waals surface area contributed by atoms with Crippen LogP contribution in [0.3, 0.4) is 0 Å². The Labute approximate surface area is 269 Å². The lowest BCUT2D eigenvalue weighted by Gasteiger charge is -2.27. The average molecular weight is 630 g/mol. The highest BCUT2D eigenvalue weighted by Gasteiger charge is 2.47. The number of H-pyrrole nitrogens is 1. The summed E-state index contributed by atoms with van der Waals surface area (Å²) in [6.45, 7) is 1.52. The summed E-state index contributed by atoms with van der Waals surface area (Å²) in [5.41, 5.74) is 12.1. The Morgan fingerprint density at radius 3 is 2.66 bits per heavy atom. The lowest BCUT2D eigenvalue weighted by Crippen LogP contribution is -2.41. The topological polar surface area (TPSA) is 144 Å². The second-order valence-electron chi connectivity index (χ2n) is 13.5. The molecule has 47 heavy (non-hydrogen) atoms. The Morgan fingerprint density at radius 1 is 1.06 bits per heavy atom. The molecule has 6 aromatic rings. The van der Waals surface area contributed by atoms with Gasteiger partial charge in [0.2, 0.25) is 0 Å². The molecule has 3 atom stereocenters. The van der Waals surface area contributed by atoms with Gasteiger partial charge in [0.15, 0.2) is 5.82 Å². The number of piperidine rings is 1. The van der Waals surface area contributed by atoms with Crippen molar-refractivity contribution in [3.8, 4) is 34.3 Å². The van der Waals surface area contributed by atoms with Crippen molar-refractivity contribution in [3.05, 3.63) is 70.5 Å². The molecule has 11 heteroatoms. The number of benzene rings is 2. The van der Waals surface area contributed by atoms with Gasteiger partial charge in [-0.15, -0.1) is 0 Å². The number of fused-ring (bicyclic) bond motifs is 5. The third-order valence-electron chi connectivity index (χ3n) is 10.5. The number of hydrogen-bond donors (Lipinski definition) is 3. The van der Waals surface area contributed by atoms with Gasteiger partial charge in [-0.3, -0.25) is 9.59 Å². The standard InChI is InChI=1S/C36H35N7O4/c1-41-33-26(12-22(14-30(33)47-2)36(46)43-17-21-7-10-27(43)32(21)37)40-35(41)28-13-20-6-8-24(39-34(20)42(28)16-18-3-4-18)19-5-9-25-23(11-19)29(44)15-31(45)38-25/h5-6,8-9,11-15,18,21,27,32H,3-4,7,10,16-17,37H2,1-2H3,(H2,38,44,45)/t21?,27?,32-/m1/s1. The van der Waals surface area contributed by atoms with E-state index in [4.69, 9.17) is 20.4 Å². The molecule has 4 aromatic heterocycles. The monoisotopic (exact) mass is 629 g/mol. The van der Waals surface area contributed by atoms with Crippen molar-refractivity contribution < 1.29 is 14.6 Å². The molecule has 2 aliphatic carbocycles. The number of aromatic hydroxyl groups is 1. The molecule has 1 saturated heterocycles. The van der Waals surface area contributed by atoms with Gasteiger partial charge in [0.05, 0.1) is 29.5 Å². The number of nitrogens with zero attached hydrogens (tertiary/aromatic N) is 5. The number of hydrogen-bond acceptors (Lipinski definition) is 7. The van der Waals surface area contributed by atoms with Crippen molar-refractivity contribution in [2.75, 3.05) is 13.7 Å². The second-order valence-corrected chi connectivity index (χ2v) is 13.5. The molecular formula is C36H35N7O4. The highest BCUT2D eigenvalue weighted by Crippen LogP contribution is 2.40. The third kappa shape index (κ3) is 4.36. The maximum Gasteiger partial charge on any atom is 0.254 e. The van der Waals surface area contributed by atoms with Crippen LogP contribution in [0, 0.1) is 11.8 Å². The van der Waals surface area contributed by atoms with Gasteiger partial charge >= 0.3 is 0 Å². The molecule has 3 aliphatic rings. The minimum atomic E-state index is -0.349. The lowest BCUT2D eigenvalue weighted by atomic mass is 10.1. The van der Waals surface area contributed by atoms with E-state index in [1.54, 1.807) is 13.2 Å². The van der Waals surface area contributed by atoms with Crippen molar-refractivity contribution in [1.29, 1.82) is 0 Å². The van der Waals surface area contributed by atoms with Gasteiger partial charge in [0.25, 0.3) is 11.5 Å². The minimum absolute atomic E-state index is 0.0204. The number of methoxy groups -OCH3 is 1. The number of ether oxygens (including phenoxy) is 1. The number of nitrogens with one attached hydrogen (secondary N) is 1. The van der Waals surface area contributed by atoms with E-state index >= 15 is 0 Å². The maximum atomic E-state index is 13.7. The van der Waals surface area contributed by atoms with E-state index in [9.17, 15) is 14.7 Å². The number of likely N-dealkylation sites (tertiary alicyclic amines) is 1. The summed E-state index contributed by atoms with van der Waals surface area (Å²) in [6.07, 6.45) is 4.38. The molecule has 11 nitrogen and oxygen atoms in total. The number of pyridine rings is 2. The largest absolute Gasteiger partial charge is 0.507 e. The lowest BCUT2D eigenvalue weighted by molar-refractivity contribution is 0.0700. The molecule has 1 aliphatic heterocycles. The number of rotatable bonds is 6. The van der Waals surface area contributed by atoms with Crippen LogP contribution in [0.4, 0.5) is 0 Å². The van der Waals surface area contributed by atoms with Crippen LogP contribution in [0.2, 0.25) is 0 Å². The van der Waals surface area contributed by atoms with Gasteiger partial charge in [-0.05, 0) is 80.0 Å². The molecular weight excluding hydrogens is 594 g/mol. The summed E-state index contributed by atoms with van der Waals surface area (Å²) < 4.78 is 10.2. The number of carbonyl (C=O) groups is 1. The first-order valence-electron chi connectivity index (χ1n) is 16.3. The van der Waals surface area contributed by atoms with Crippen LogP contribution in [-0.2, 0) is 13.6 Å². The zero-order chi connectivity index (χ0) is 32.1. The van der Waals surface area contributed by atoms with E-state index in [0.29, 0.717) is 46.1 Å². The van der Waals surface area contributed by atoms with Gasteiger partial charge in [0, 0.05) is 60.2 Å². The Bertz CT molecular complexity index is 2330. The summed E-state index contributed by atoms with van der Waals surface area (Å²) in [4.78, 5) is 40.6. The zero-order valence-electron chi connectivity index (χ0n) is 26.2. The summed E-state index contributed by atoms with van der Waals surface area (Å²) >= 11 is 0. The molecule has 1 amide bonds. The van der Waals surface area contributed by atoms with Crippen LogP contribution in [0.1, 0.15) is 36.0 Å². The molecule has 0 radical (unpaired) electrons. The number of imidazole rings is 1. The molecule has 3 fully saturated rings. The first-order chi connectivity index (χ1) is 22.8. The quantitative estimate of drug-likeness (QED) is 0.240. The van der Waals surface area contributed by atoms with E-state index in [0.717, 1.165) is 58.7 Å². The Hall–Kier alpha value is -5.16. The fraction of sp³-hybridized carbons (Fsp3) is 0.333. The van der Waals surface area contributed by atoms with Gasteiger partial charge < -0.3 is 34.6 Å². The van der Waals surface area contributed by atoms with Gasteiger partial charge in [-0.1, -0.05) is 6.07 Å². The second kappa shape index (κ2) is 10.2. The van der Waals surface area contributed by atoms with Crippen molar-refractivity contribution in [2.24, 2.45) is 24.6 Å². The first kappa shape index (κ1) is 28.1. The third-order valence-corrected chi connectivity index (χ3v) is 10.5. The normalized spacial score (nSPS) is 20.7. The molecule has 238 valence electrons. The van der Waals surface area contributed by atoms with Crippen molar-refractivity contribution in [3.63, 3.8) is 0 Å². The Kier molecular flexibility index (Phi) is 6.08. The number of amides is 1. The highest BCUT2D eigenvalue weighted by molar-refractivity contribution is 6.00. The van der Waals surface area contributed by atoms with E-state index in [-0.39, 0.29) is 29.3 Å². The van der Waals surface area contributed by atoms with Crippen molar-refractivity contribution >= 4 is 38.9 Å². The molecule has 4 N–H and O–H groups in total. The summed E-state index contributed by atoms with van der Waals surface area (Å²) in [5.74, 6) is 2.23. The summed E-state index contributed by atoms with van der Waals surface area (Å²) in [5, 5.41) is 12.0.